The van der Waals surface area contributed by atoms with E-state index in [4.69, 9.17) is 4.74 Å². The number of alkyl halides is 3. The van der Waals surface area contributed by atoms with Crippen LogP contribution in [0.1, 0.15) is 5.56 Å². The smallest absolute Gasteiger partial charge is 0.361 e. The minimum Gasteiger partial charge on any atom is -0.361 e. The summed E-state index contributed by atoms with van der Waals surface area (Å²) < 4.78 is 48.3. The molecule has 3 aromatic rings. The molecular weight excluding hydrogens is 375 g/mol. The Morgan fingerprint density at radius 1 is 1.19 bits per heavy atom. The third kappa shape index (κ3) is 4.38. The lowest BCUT2D eigenvalue weighted by atomic mass is 10.2. The highest BCUT2D eigenvalue weighted by Crippen LogP contribution is 2.35. The maximum atomic E-state index is 13.2. The molecule has 0 saturated heterocycles. The van der Waals surface area contributed by atoms with Gasteiger partial charge >= 0.3 is 6.18 Å². The molecule has 0 fully saturated rings. The molecule has 27 heavy (non-hydrogen) atoms. The summed E-state index contributed by atoms with van der Waals surface area (Å²) in [6, 6.07) is 2.81. The van der Waals surface area contributed by atoms with Crippen LogP contribution >= 0.6 is 0 Å². The van der Waals surface area contributed by atoms with Crippen molar-refractivity contribution < 1.29 is 17.9 Å². The molecule has 0 amide bonds. The van der Waals surface area contributed by atoms with Gasteiger partial charge < -0.3 is 9.30 Å². The van der Waals surface area contributed by atoms with E-state index >= 15 is 0 Å². The molecule has 0 aliphatic carbocycles. The second-order valence-electron chi connectivity index (χ2n) is 7.63. The number of hydrogen-bond donors (Lipinski definition) is 0. The summed E-state index contributed by atoms with van der Waals surface area (Å²) in [4.78, 5) is 8.44. The van der Waals surface area contributed by atoms with Crippen LogP contribution in [0.3, 0.4) is 0 Å². The fourth-order valence-corrected chi connectivity index (χ4v) is 3.41. The number of aryl methyl sites for hydroxylation is 1. The summed E-state index contributed by atoms with van der Waals surface area (Å²) in [6.07, 6.45) is -0.406. The van der Waals surface area contributed by atoms with Crippen molar-refractivity contribution in [2.24, 2.45) is 7.05 Å². The molecule has 10 heteroatoms. The van der Waals surface area contributed by atoms with Crippen molar-refractivity contribution in [2.45, 2.75) is 38.6 Å². The minimum atomic E-state index is -4.52. The molecule has 0 N–H and O–H groups in total. The highest BCUT2D eigenvalue weighted by atomic mass is 28.3. The number of fused-ring (bicyclic) bond motifs is 1. The molecule has 0 aliphatic heterocycles. The second kappa shape index (κ2) is 7.08. The molecule has 0 atom stereocenters. The van der Waals surface area contributed by atoms with Crippen molar-refractivity contribution in [3.8, 4) is 11.5 Å². The normalized spacial score (nSPS) is 12.9. The van der Waals surface area contributed by atoms with Crippen LogP contribution in [0.15, 0.2) is 24.7 Å². The SMILES string of the molecule is Cn1ncc(C(F)(F)F)c1-c1ncc2c(ccn2COCC[Si](C)(C)C)n1. The van der Waals surface area contributed by atoms with Gasteiger partial charge in [0.15, 0.2) is 5.82 Å². The van der Waals surface area contributed by atoms with Crippen molar-refractivity contribution in [3.63, 3.8) is 0 Å². The van der Waals surface area contributed by atoms with E-state index in [0.717, 1.165) is 16.9 Å². The van der Waals surface area contributed by atoms with Crippen molar-refractivity contribution in [3.05, 3.63) is 30.2 Å². The average molecular weight is 397 g/mol. The molecule has 3 aromatic heterocycles. The topological polar surface area (TPSA) is 57.8 Å². The van der Waals surface area contributed by atoms with Crippen LogP contribution < -0.4 is 0 Å². The van der Waals surface area contributed by atoms with Gasteiger partial charge in [0.25, 0.3) is 0 Å². The number of ether oxygens (including phenoxy) is 1. The maximum absolute atomic E-state index is 13.2. The lowest BCUT2D eigenvalue weighted by Gasteiger charge is -2.15. The van der Waals surface area contributed by atoms with E-state index in [2.05, 4.69) is 34.7 Å². The van der Waals surface area contributed by atoms with Crippen LogP contribution in [-0.4, -0.2) is 39.0 Å². The highest BCUT2D eigenvalue weighted by molar-refractivity contribution is 6.76. The zero-order chi connectivity index (χ0) is 19.8. The Labute approximate surface area is 156 Å². The fourth-order valence-electron chi connectivity index (χ4n) is 2.65. The Kier molecular flexibility index (Phi) is 5.13. The molecule has 0 spiro atoms. The van der Waals surface area contributed by atoms with Gasteiger partial charge in [-0.3, -0.25) is 4.68 Å². The van der Waals surface area contributed by atoms with E-state index in [-0.39, 0.29) is 11.5 Å². The molecule has 0 radical (unpaired) electrons. The summed E-state index contributed by atoms with van der Waals surface area (Å²) >= 11 is 0. The Morgan fingerprint density at radius 3 is 2.59 bits per heavy atom. The van der Waals surface area contributed by atoms with Crippen molar-refractivity contribution in [1.82, 2.24) is 24.3 Å². The van der Waals surface area contributed by atoms with E-state index in [9.17, 15) is 13.2 Å². The van der Waals surface area contributed by atoms with Crippen LogP contribution in [0.2, 0.25) is 25.7 Å². The van der Waals surface area contributed by atoms with E-state index in [0.29, 0.717) is 24.4 Å². The van der Waals surface area contributed by atoms with Gasteiger partial charge in [0.2, 0.25) is 0 Å². The van der Waals surface area contributed by atoms with E-state index in [1.54, 1.807) is 12.3 Å². The third-order valence-electron chi connectivity index (χ3n) is 4.20. The lowest BCUT2D eigenvalue weighted by Crippen LogP contribution is -2.21. The molecule has 6 nitrogen and oxygen atoms in total. The molecule has 0 aliphatic rings. The van der Waals surface area contributed by atoms with Crippen LogP contribution in [0.25, 0.3) is 22.6 Å². The molecule has 0 bridgehead atoms. The van der Waals surface area contributed by atoms with Gasteiger partial charge in [-0.25, -0.2) is 9.97 Å². The zero-order valence-corrected chi connectivity index (χ0v) is 16.7. The minimum absolute atomic E-state index is 0.00720. The summed E-state index contributed by atoms with van der Waals surface area (Å²) in [6.45, 7) is 7.88. The van der Waals surface area contributed by atoms with Gasteiger partial charge in [0.1, 0.15) is 18.0 Å². The van der Waals surface area contributed by atoms with Gasteiger partial charge in [-0.15, -0.1) is 0 Å². The lowest BCUT2D eigenvalue weighted by molar-refractivity contribution is -0.137. The molecule has 3 heterocycles. The molecule has 0 saturated carbocycles. The zero-order valence-electron chi connectivity index (χ0n) is 15.7. The Balaban J connectivity index is 1.83. The van der Waals surface area contributed by atoms with Gasteiger partial charge in [-0.2, -0.15) is 18.3 Å². The van der Waals surface area contributed by atoms with Gasteiger partial charge in [-0.05, 0) is 12.1 Å². The van der Waals surface area contributed by atoms with Crippen LogP contribution in [0.5, 0.6) is 0 Å². The Bertz CT molecular complexity index is 942. The van der Waals surface area contributed by atoms with Gasteiger partial charge in [0.05, 0.1) is 23.4 Å². The summed E-state index contributed by atoms with van der Waals surface area (Å²) in [7, 11) is 0.284. The molecule has 0 aromatic carbocycles. The van der Waals surface area contributed by atoms with Crippen LogP contribution in [0, 0.1) is 0 Å². The average Bonchev–Trinajstić information content (AvgIpc) is 3.13. The first-order chi connectivity index (χ1) is 12.6. The maximum Gasteiger partial charge on any atom is 0.420 e. The first-order valence-electron chi connectivity index (χ1n) is 8.55. The predicted octanol–water partition coefficient (Wildman–Crippen LogP) is 4.16. The van der Waals surface area contributed by atoms with Crippen LogP contribution in [-0.2, 0) is 24.7 Å². The number of aromatic nitrogens is 5. The van der Waals surface area contributed by atoms with Crippen molar-refractivity contribution in [2.75, 3.05) is 6.61 Å². The predicted molar refractivity (Wildman–Crippen MR) is 98.8 cm³/mol. The van der Waals surface area contributed by atoms with E-state index in [1.165, 1.54) is 13.2 Å². The number of nitrogens with zero attached hydrogens (tertiary/aromatic N) is 5. The van der Waals surface area contributed by atoms with E-state index < -0.39 is 19.8 Å². The summed E-state index contributed by atoms with van der Waals surface area (Å²) in [5.41, 5.74) is 0.271. The first-order valence-corrected chi connectivity index (χ1v) is 12.3. The largest absolute Gasteiger partial charge is 0.420 e. The number of hydrogen-bond acceptors (Lipinski definition) is 4. The first kappa shape index (κ1) is 19.6. The molecule has 3 rings (SSSR count). The summed E-state index contributed by atoms with van der Waals surface area (Å²) in [5.74, 6) is -0.00720. The quantitative estimate of drug-likeness (QED) is 0.463. The van der Waals surface area contributed by atoms with Gasteiger partial charge in [0, 0.05) is 27.9 Å². The third-order valence-corrected chi connectivity index (χ3v) is 5.91. The standard InChI is InChI=1S/C17H22F3N5OSi/c1-24-15(12(9-22-24)17(18,19)20)16-21-10-14-13(23-16)5-6-25(14)11-26-7-8-27(2,3)4/h5-6,9-10H,7-8,11H2,1-4H3. The van der Waals surface area contributed by atoms with Crippen molar-refractivity contribution in [1.29, 1.82) is 0 Å². The molecular formula is C17H22F3N5OSi. The second-order valence-corrected chi connectivity index (χ2v) is 13.2. The molecule has 0 unspecified atom stereocenters. The van der Waals surface area contributed by atoms with E-state index in [1.807, 2.05) is 4.57 Å². The van der Waals surface area contributed by atoms with Gasteiger partial charge in [-0.1, -0.05) is 19.6 Å². The monoisotopic (exact) mass is 397 g/mol. The Morgan fingerprint density at radius 2 is 1.93 bits per heavy atom. The highest BCUT2D eigenvalue weighted by Gasteiger charge is 2.37. The number of halogens is 3. The number of rotatable bonds is 6. The van der Waals surface area contributed by atoms with Crippen molar-refractivity contribution >= 4 is 19.1 Å². The summed E-state index contributed by atoms with van der Waals surface area (Å²) in [5, 5.41) is 3.71. The Hall–Kier alpha value is -2.20. The van der Waals surface area contributed by atoms with Crippen LogP contribution in [0.4, 0.5) is 13.2 Å². The molecule has 146 valence electrons. The fraction of sp³-hybridized carbons (Fsp3) is 0.471.